The van der Waals surface area contributed by atoms with Crippen LogP contribution in [0.15, 0.2) is 107 Å². The number of nitrogens with one attached hydrogen (secondary N) is 1. The standard InChI is InChI=1S/C27H22Cl2N4.C19H18ClF2N3O3/c1-17(2)30-24-16-27-25(15-23(24)31-20-11-7-18(28)8-12-20)32-22-5-3-4-6-26(22)33(27)21-13-9-19(29)10-14-21;20-14-15-8(17(26)9(18(27)28)5-25(15)12-4-10(12)21)3-11(22)16(14)24-6-13(23)19(7-24)1-2-19/h3-17,31H,1-2H3;3,5,10,12-13H,1-2,4,6-7,23H2,(H,27,28)/t;10-,12+,13+/m.0/s1. The van der Waals surface area contributed by atoms with E-state index in [-0.39, 0.29) is 45.5 Å². The van der Waals surface area contributed by atoms with E-state index < -0.39 is 35.0 Å². The number of alkyl halides is 1. The number of fused-ring (bicyclic) bond motifs is 3. The minimum absolute atomic E-state index is 0.00645. The second-order valence-electron chi connectivity index (χ2n) is 16.3. The van der Waals surface area contributed by atoms with Crippen LogP contribution in [0.3, 0.4) is 0 Å². The summed E-state index contributed by atoms with van der Waals surface area (Å²) in [7, 11) is 0. The number of benzene rings is 5. The minimum Gasteiger partial charge on any atom is -0.477 e. The maximum absolute atomic E-state index is 15.0. The molecule has 2 aliphatic heterocycles. The van der Waals surface area contributed by atoms with Crippen LogP contribution < -0.4 is 26.7 Å². The highest BCUT2D eigenvalue weighted by atomic mass is 35.5. The lowest BCUT2D eigenvalue weighted by molar-refractivity contribution is 0.0694. The summed E-state index contributed by atoms with van der Waals surface area (Å²) in [6.07, 6.45) is 2.11. The summed E-state index contributed by atoms with van der Waals surface area (Å²) in [6.45, 7) is 5.15. The number of anilines is 3. The van der Waals surface area contributed by atoms with Crippen LogP contribution in [-0.4, -0.2) is 56.5 Å². The van der Waals surface area contributed by atoms with Gasteiger partial charge in [0.2, 0.25) is 5.43 Å². The number of hydrogen-bond donors (Lipinski definition) is 3. The Bertz CT molecular complexity index is 2970. The first-order chi connectivity index (χ1) is 29.2. The molecule has 2 saturated carbocycles. The Labute approximate surface area is 364 Å². The summed E-state index contributed by atoms with van der Waals surface area (Å²) in [5.74, 6) is -2.15. The summed E-state index contributed by atoms with van der Waals surface area (Å²) in [5, 5.41) is 14.9. The molecule has 10 nitrogen and oxygen atoms in total. The van der Waals surface area contributed by atoms with E-state index in [1.807, 2.05) is 66.7 Å². The zero-order valence-electron chi connectivity index (χ0n) is 33.0. The smallest absolute Gasteiger partial charge is 0.341 e. The van der Waals surface area contributed by atoms with Gasteiger partial charge in [0.05, 0.1) is 61.1 Å². The van der Waals surface area contributed by atoms with Gasteiger partial charge in [-0.15, -0.1) is 0 Å². The molecule has 1 aromatic heterocycles. The molecular weight excluding hydrogens is 843 g/mol. The average molecular weight is 883 g/mol. The van der Waals surface area contributed by atoms with Crippen LogP contribution in [0.5, 0.6) is 0 Å². The van der Waals surface area contributed by atoms with Crippen molar-refractivity contribution in [1.82, 2.24) is 14.1 Å². The van der Waals surface area contributed by atoms with Crippen molar-refractivity contribution >= 4 is 79.8 Å². The number of carboxylic acid groups (broad SMARTS) is 1. The average Bonchev–Trinajstić information content (AvgIpc) is 4.14. The van der Waals surface area contributed by atoms with E-state index in [0.29, 0.717) is 23.1 Å². The van der Waals surface area contributed by atoms with Gasteiger partial charge in [0.1, 0.15) is 17.6 Å². The van der Waals surface area contributed by atoms with Crippen molar-refractivity contribution < 1.29 is 18.7 Å². The fraction of sp³-hybridized carbons (Fsp3) is 0.261. The highest BCUT2D eigenvalue weighted by Crippen LogP contribution is 2.54. The molecule has 3 heterocycles. The van der Waals surface area contributed by atoms with Gasteiger partial charge in [0, 0.05) is 64.6 Å². The Morgan fingerprint density at radius 1 is 1.00 bits per heavy atom. The Kier molecular flexibility index (Phi) is 10.5. The van der Waals surface area contributed by atoms with E-state index in [2.05, 4.69) is 41.9 Å². The lowest BCUT2D eigenvalue weighted by Crippen LogP contribution is -2.30. The summed E-state index contributed by atoms with van der Waals surface area (Å²) >= 11 is 18.8. The number of rotatable bonds is 7. The molecule has 5 aliphatic rings. The van der Waals surface area contributed by atoms with Gasteiger partial charge in [-0.05, 0) is 106 Å². The van der Waals surface area contributed by atoms with Crippen molar-refractivity contribution in [2.24, 2.45) is 16.1 Å². The monoisotopic (exact) mass is 881 g/mol. The predicted octanol–water partition coefficient (Wildman–Crippen LogP) is 10.2. The van der Waals surface area contributed by atoms with Gasteiger partial charge in [-0.25, -0.2) is 18.6 Å². The van der Waals surface area contributed by atoms with E-state index in [1.165, 1.54) is 4.57 Å². The first kappa shape index (κ1) is 40.9. The number of carbonyl (C=O) groups is 1. The SMILES string of the molecule is CC(C)N=c1cc2n(-c3ccc(Cl)cc3)c3ccccc3nc-2cc1Nc1ccc(Cl)cc1.N[C@@H]1CN(c2c(F)cc3c(=O)c(C(=O)O)cn([C@@H]4C[C@@H]4F)c3c2Cl)CC12CC2. The Morgan fingerprint density at radius 3 is 2.30 bits per heavy atom. The number of halogens is 5. The number of nitrogens with two attached hydrogens (primary N) is 1. The van der Waals surface area contributed by atoms with Crippen LogP contribution in [0.1, 0.15) is 49.5 Å². The maximum atomic E-state index is 15.0. The number of carboxylic acids is 1. The predicted molar refractivity (Wildman–Crippen MR) is 239 cm³/mol. The summed E-state index contributed by atoms with van der Waals surface area (Å²) in [6, 6.07) is 28.2. The molecule has 3 aliphatic carbocycles. The van der Waals surface area contributed by atoms with Crippen molar-refractivity contribution in [3.63, 3.8) is 0 Å². The molecule has 312 valence electrons. The van der Waals surface area contributed by atoms with Gasteiger partial charge in [0.25, 0.3) is 0 Å². The molecular formula is C46H40Cl3F2N7O3. The Balaban J connectivity index is 0.000000158. The molecule has 3 atom stereocenters. The first-order valence-corrected chi connectivity index (χ1v) is 21.1. The number of para-hydroxylation sites is 2. The number of aromatic carboxylic acids is 1. The zero-order chi connectivity index (χ0) is 42.9. The molecule has 5 aromatic rings. The maximum Gasteiger partial charge on any atom is 0.341 e. The molecule has 0 radical (unpaired) electrons. The van der Waals surface area contributed by atoms with E-state index in [4.69, 9.17) is 50.5 Å². The second kappa shape index (κ2) is 15.7. The van der Waals surface area contributed by atoms with Gasteiger partial charge >= 0.3 is 5.97 Å². The van der Waals surface area contributed by atoms with E-state index in [0.717, 1.165) is 69.9 Å². The summed E-state index contributed by atoms with van der Waals surface area (Å²) in [4.78, 5) is 35.7. The molecule has 10 rings (SSSR count). The first-order valence-electron chi connectivity index (χ1n) is 19.9. The molecule has 4 aromatic carbocycles. The van der Waals surface area contributed by atoms with Gasteiger partial charge in [-0.3, -0.25) is 9.79 Å². The number of nitrogens with zero attached hydrogens (tertiary/aromatic N) is 5. The molecule has 1 saturated heterocycles. The van der Waals surface area contributed by atoms with Crippen molar-refractivity contribution in [3.05, 3.63) is 139 Å². The van der Waals surface area contributed by atoms with E-state index in [9.17, 15) is 19.1 Å². The van der Waals surface area contributed by atoms with Crippen LogP contribution >= 0.6 is 34.8 Å². The Hall–Kier alpha value is -5.53. The van der Waals surface area contributed by atoms with Gasteiger partial charge < -0.3 is 30.2 Å². The van der Waals surface area contributed by atoms with Crippen LogP contribution in [0.2, 0.25) is 15.1 Å². The van der Waals surface area contributed by atoms with Crippen LogP contribution in [-0.2, 0) is 0 Å². The number of pyridine rings is 1. The molecule has 15 heteroatoms. The van der Waals surface area contributed by atoms with Crippen molar-refractivity contribution in [3.8, 4) is 17.1 Å². The fourth-order valence-corrected chi connectivity index (χ4v) is 8.97. The third-order valence-corrected chi connectivity index (χ3v) is 12.5. The third kappa shape index (κ3) is 7.71. The highest BCUT2D eigenvalue weighted by Gasteiger charge is 2.54. The van der Waals surface area contributed by atoms with E-state index in [1.54, 1.807) is 4.90 Å². The van der Waals surface area contributed by atoms with Gasteiger partial charge in [-0.2, -0.15) is 0 Å². The fourth-order valence-electron chi connectivity index (χ4n) is 8.31. The largest absolute Gasteiger partial charge is 0.477 e. The molecule has 61 heavy (non-hydrogen) atoms. The Morgan fingerprint density at radius 2 is 1.67 bits per heavy atom. The lowest BCUT2D eigenvalue weighted by atomic mass is 10.0. The quantitative estimate of drug-likeness (QED) is 0.136. The van der Waals surface area contributed by atoms with Crippen LogP contribution in [0, 0.1) is 11.2 Å². The van der Waals surface area contributed by atoms with Gasteiger partial charge in [-0.1, -0.05) is 46.9 Å². The van der Waals surface area contributed by atoms with Crippen LogP contribution in [0.4, 0.5) is 25.8 Å². The summed E-state index contributed by atoms with van der Waals surface area (Å²) < 4.78 is 32.4. The number of hydrogen-bond acceptors (Lipinski definition) is 7. The highest BCUT2D eigenvalue weighted by molar-refractivity contribution is 6.38. The zero-order valence-corrected chi connectivity index (χ0v) is 35.3. The van der Waals surface area contributed by atoms with E-state index >= 15 is 4.39 Å². The normalized spacial score (nSPS) is 19.2. The molecule has 4 N–H and O–H groups in total. The third-order valence-electron chi connectivity index (χ3n) is 11.7. The molecule has 0 amide bonds. The van der Waals surface area contributed by atoms with Crippen molar-refractivity contribution in [2.45, 2.75) is 57.4 Å². The molecule has 0 bridgehead atoms. The van der Waals surface area contributed by atoms with Gasteiger partial charge in [0.15, 0.2) is 0 Å². The molecule has 1 spiro atoms. The minimum atomic E-state index is -1.45. The number of aromatic nitrogens is 3. The molecule has 3 fully saturated rings. The topological polar surface area (TPSA) is 131 Å². The lowest BCUT2D eigenvalue weighted by Gasteiger charge is -2.23. The summed E-state index contributed by atoms with van der Waals surface area (Å²) in [5.41, 5.74) is 11.7. The second-order valence-corrected chi connectivity index (χ2v) is 17.5. The van der Waals surface area contributed by atoms with Crippen molar-refractivity contribution in [1.29, 1.82) is 0 Å². The molecule has 0 unspecified atom stereocenters. The van der Waals surface area contributed by atoms with Crippen molar-refractivity contribution in [2.75, 3.05) is 23.3 Å². The van der Waals surface area contributed by atoms with Crippen LogP contribution in [0.25, 0.3) is 39.0 Å².